The van der Waals surface area contributed by atoms with E-state index < -0.39 is 0 Å². The van der Waals surface area contributed by atoms with Crippen LogP contribution in [-0.4, -0.2) is 16.6 Å². The summed E-state index contributed by atoms with van der Waals surface area (Å²) in [5.41, 5.74) is 0.847. The highest BCUT2D eigenvalue weighted by Crippen LogP contribution is 2.30. The molecular weight excluding hydrogens is 224 g/mol. The fourth-order valence-corrected chi connectivity index (χ4v) is 1.55. The van der Waals surface area contributed by atoms with Crippen LogP contribution in [-0.2, 0) is 0 Å². The Bertz CT molecular complexity index is 480. The average molecular weight is 235 g/mol. The Morgan fingerprint density at radius 3 is 3.06 bits per heavy atom. The zero-order valence-corrected chi connectivity index (χ0v) is 9.37. The zero-order chi connectivity index (χ0) is 11.4. The Morgan fingerprint density at radius 2 is 2.38 bits per heavy atom. The van der Waals surface area contributed by atoms with Crippen LogP contribution in [0.5, 0.6) is 5.75 Å². The largest absolute Gasteiger partial charge is 0.489 e. The molecule has 1 heterocycles. The lowest BCUT2D eigenvalue weighted by Crippen LogP contribution is -1.95. The smallest absolute Gasteiger partial charge is 0.141 e. The second-order valence-corrected chi connectivity index (χ2v) is 3.61. The molecule has 0 unspecified atom stereocenters. The van der Waals surface area contributed by atoms with E-state index in [9.17, 15) is 0 Å². The van der Waals surface area contributed by atoms with Crippen LogP contribution in [0.3, 0.4) is 0 Å². The highest BCUT2D eigenvalue weighted by atomic mass is 35.5. The number of imidazole rings is 1. The van der Waals surface area contributed by atoms with Crippen molar-refractivity contribution in [3.8, 4) is 17.1 Å². The molecule has 82 valence electrons. The van der Waals surface area contributed by atoms with Gasteiger partial charge in [-0.3, -0.25) is 0 Å². The van der Waals surface area contributed by atoms with Crippen LogP contribution in [0, 0.1) is 0 Å². The van der Waals surface area contributed by atoms with Crippen LogP contribution >= 0.6 is 11.6 Å². The molecule has 0 aliphatic heterocycles. The molecule has 3 nitrogen and oxygen atoms in total. The summed E-state index contributed by atoms with van der Waals surface area (Å²) in [6, 6.07) is 5.43. The van der Waals surface area contributed by atoms with Crippen LogP contribution in [0.25, 0.3) is 11.4 Å². The lowest BCUT2D eigenvalue weighted by atomic mass is 10.2. The number of rotatable bonds is 4. The number of aromatic amines is 1. The Kier molecular flexibility index (Phi) is 3.27. The van der Waals surface area contributed by atoms with Crippen molar-refractivity contribution in [1.29, 1.82) is 0 Å². The minimum Gasteiger partial charge on any atom is -0.489 e. The van der Waals surface area contributed by atoms with E-state index in [-0.39, 0.29) is 0 Å². The molecule has 0 amide bonds. The molecule has 0 radical (unpaired) electrons. The van der Waals surface area contributed by atoms with Gasteiger partial charge in [0.05, 0.1) is 5.56 Å². The number of nitrogens with one attached hydrogen (secondary N) is 1. The van der Waals surface area contributed by atoms with Crippen LogP contribution in [0.4, 0.5) is 0 Å². The van der Waals surface area contributed by atoms with Gasteiger partial charge in [-0.05, 0) is 18.2 Å². The van der Waals surface area contributed by atoms with Gasteiger partial charge in [0.1, 0.15) is 18.2 Å². The van der Waals surface area contributed by atoms with Gasteiger partial charge in [-0.2, -0.15) is 0 Å². The first-order valence-electron chi connectivity index (χ1n) is 4.84. The molecule has 1 aromatic heterocycles. The predicted octanol–water partition coefficient (Wildman–Crippen LogP) is 3.29. The van der Waals surface area contributed by atoms with Gasteiger partial charge < -0.3 is 9.72 Å². The molecular formula is C12H11ClN2O. The van der Waals surface area contributed by atoms with Crippen LogP contribution in [0.2, 0.25) is 5.02 Å². The van der Waals surface area contributed by atoms with Crippen LogP contribution < -0.4 is 4.74 Å². The van der Waals surface area contributed by atoms with Gasteiger partial charge in [0.25, 0.3) is 0 Å². The number of hydrogen-bond donors (Lipinski definition) is 1. The van der Waals surface area contributed by atoms with E-state index in [4.69, 9.17) is 16.3 Å². The Morgan fingerprint density at radius 1 is 1.50 bits per heavy atom. The van der Waals surface area contributed by atoms with E-state index in [1.54, 1.807) is 24.5 Å². The molecule has 0 atom stereocenters. The number of benzene rings is 1. The molecule has 0 aliphatic rings. The normalized spacial score (nSPS) is 10.1. The molecule has 16 heavy (non-hydrogen) atoms. The molecule has 0 aliphatic carbocycles. The van der Waals surface area contributed by atoms with Crippen molar-refractivity contribution in [1.82, 2.24) is 9.97 Å². The summed E-state index contributed by atoms with van der Waals surface area (Å²) in [4.78, 5) is 7.20. The molecule has 0 fully saturated rings. The van der Waals surface area contributed by atoms with Gasteiger partial charge in [0, 0.05) is 17.4 Å². The maximum absolute atomic E-state index is 5.95. The quantitative estimate of drug-likeness (QED) is 0.825. The summed E-state index contributed by atoms with van der Waals surface area (Å²) in [5.74, 6) is 1.47. The topological polar surface area (TPSA) is 37.9 Å². The molecule has 2 aromatic rings. The minimum atomic E-state index is 0.454. The molecule has 4 heteroatoms. The van der Waals surface area contributed by atoms with Gasteiger partial charge >= 0.3 is 0 Å². The molecule has 0 bridgehead atoms. The van der Waals surface area contributed by atoms with Gasteiger partial charge in [0.15, 0.2) is 0 Å². The van der Waals surface area contributed by atoms with E-state index >= 15 is 0 Å². The van der Waals surface area contributed by atoms with Crippen LogP contribution in [0.15, 0.2) is 43.2 Å². The van der Waals surface area contributed by atoms with Crippen molar-refractivity contribution >= 4 is 11.6 Å². The minimum absolute atomic E-state index is 0.454. The second-order valence-electron chi connectivity index (χ2n) is 3.18. The number of ether oxygens (including phenoxy) is 1. The molecule has 1 aromatic carbocycles. The van der Waals surface area contributed by atoms with E-state index in [0.29, 0.717) is 11.6 Å². The first kappa shape index (κ1) is 10.8. The molecule has 0 saturated carbocycles. The number of nitrogens with zero attached hydrogens (tertiary/aromatic N) is 1. The van der Waals surface area contributed by atoms with E-state index in [1.165, 1.54) is 0 Å². The maximum atomic E-state index is 5.95. The van der Waals surface area contributed by atoms with Crippen LogP contribution in [0.1, 0.15) is 0 Å². The Hall–Kier alpha value is -1.74. The monoisotopic (exact) mass is 234 g/mol. The third-order valence-electron chi connectivity index (χ3n) is 2.05. The summed E-state index contributed by atoms with van der Waals surface area (Å²) in [6.45, 7) is 4.06. The summed E-state index contributed by atoms with van der Waals surface area (Å²) < 4.78 is 5.53. The highest BCUT2D eigenvalue weighted by Gasteiger charge is 2.08. The fourth-order valence-electron chi connectivity index (χ4n) is 1.37. The third-order valence-corrected chi connectivity index (χ3v) is 2.29. The number of H-pyrrole nitrogens is 1. The molecule has 2 rings (SSSR count). The lowest BCUT2D eigenvalue weighted by molar-refractivity contribution is 0.364. The molecule has 0 saturated heterocycles. The van der Waals surface area contributed by atoms with E-state index in [2.05, 4.69) is 16.5 Å². The second kappa shape index (κ2) is 4.86. The van der Waals surface area contributed by atoms with Crippen molar-refractivity contribution in [2.24, 2.45) is 0 Å². The summed E-state index contributed by atoms with van der Waals surface area (Å²) in [7, 11) is 0. The zero-order valence-electron chi connectivity index (χ0n) is 8.61. The van der Waals surface area contributed by atoms with E-state index in [0.717, 1.165) is 17.1 Å². The Labute approximate surface area is 98.7 Å². The van der Waals surface area contributed by atoms with E-state index in [1.807, 2.05) is 12.1 Å². The van der Waals surface area contributed by atoms with Crippen molar-refractivity contribution in [2.75, 3.05) is 6.61 Å². The average Bonchev–Trinajstić information content (AvgIpc) is 2.80. The van der Waals surface area contributed by atoms with Gasteiger partial charge in [-0.25, -0.2) is 4.98 Å². The van der Waals surface area contributed by atoms with Gasteiger partial charge in [-0.1, -0.05) is 24.3 Å². The summed E-state index contributed by atoms with van der Waals surface area (Å²) >= 11 is 5.95. The van der Waals surface area contributed by atoms with Crippen molar-refractivity contribution in [2.45, 2.75) is 0 Å². The van der Waals surface area contributed by atoms with Gasteiger partial charge in [-0.15, -0.1) is 0 Å². The third kappa shape index (κ3) is 2.25. The highest BCUT2D eigenvalue weighted by molar-refractivity contribution is 6.30. The fraction of sp³-hybridized carbons (Fsp3) is 0.0833. The van der Waals surface area contributed by atoms with Crippen molar-refractivity contribution in [3.63, 3.8) is 0 Å². The summed E-state index contributed by atoms with van der Waals surface area (Å²) in [6.07, 6.45) is 5.14. The SMILES string of the molecule is C=CCOc1ccc(Cl)cc1-c1ncc[nH]1. The number of aromatic nitrogens is 2. The molecule has 1 N–H and O–H groups in total. The number of hydrogen-bond acceptors (Lipinski definition) is 2. The predicted molar refractivity (Wildman–Crippen MR) is 64.7 cm³/mol. The Balaban J connectivity index is 2.40. The lowest BCUT2D eigenvalue weighted by Gasteiger charge is -2.08. The van der Waals surface area contributed by atoms with Crippen molar-refractivity contribution in [3.05, 3.63) is 48.3 Å². The van der Waals surface area contributed by atoms with Gasteiger partial charge in [0.2, 0.25) is 0 Å². The molecule has 0 spiro atoms. The standard InChI is InChI=1S/C12H11ClN2O/c1-2-7-16-11-4-3-9(13)8-10(11)12-14-5-6-15-12/h2-6,8H,1,7H2,(H,14,15). The summed E-state index contributed by atoms with van der Waals surface area (Å²) in [5, 5.41) is 0.650. The first-order chi connectivity index (χ1) is 7.81. The number of halogens is 1. The maximum Gasteiger partial charge on any atom is 0.141 e. The van der Waals surface area contributed by atoms with Crippen molar-refractivity contribution < 1.29 is 4.74 Å². The first-order valence-corrected chi connectivity index (χ1v) is 5.22.